The molecule has 20 heavy (non-hydrogen) atoms. The van der Waals surface area contributed by atoms with Crippen molar-refractivity contribution < 1.29 is 9.18 Å². The third-order valence-corrected chi connectivity index (χ3v) is 2.58. The second-order valence-corrected chi connectivity index (χ2v) is 4.07. The molecule has 3 N–H and O–H groups in total. The number of amides is 1. The molecule has 2 aromatic rings. The molecule has 0 spiro atoms. The van der Waals surface area contributed by atoms with Crippen molar-refractivity contribution in [2.75, 3.05) is 5.32 Å². The van der Waals surface area contributed by atoms with Gasteiger partial charge >= 0.3 is 0 Å². The fourth-order valence-electron chi connectivity index (χ4n) is 1.32. The molecule has 0 saturated carbocycles. The Kier molecular flexibility index (Phi) is 4.28. The number of nitrogens with one attached hydrogen (secondary N) is 1. The molecule has 0 saturated heterocycles. The number of carbonyl (C=O) groups excluding carboxylic acids is 1. The lowest BCUT2D eigenvalue weighted by molar-refractivity contribution is 0.0844. The van der Waals surface area contributed by atoms with Crippen molar-refractivity contribution in [1.29, 1.82) is 0 Å². The summed E-state index contributed by atoms with van der Waals surface area (Å²) in [6.45, 7) is 0. The van der Waals surface area contributed by atoms with Gasteiger partial charge in [-0.15, -0.1) is 0 Å². The van der Waals surface area contributed by atoms with Crippen molar-refractivity contribution in [3.05, 3.63) is 54.2 Å². The first-order valence-electron chi connectivity index (χ1n) is 5.50. The number of halogens is 1. The van der Waals surface area contributed by atoms with E-state index in [2.05, 4.69) is 15.3 Å². The number of rotatable bonds is 2. The number of carbonyl (C=O) groups is 1. The maximum Gasteiger partial charge on any atom is 0.292 e. The molecular weight excluding hydrogens is 281 g/mol. The number of hydrazine groups is 1. The molecule has 1 amide bonds. The maximum absolute atomic E-state index is 12.7. The van der Waals surface area contributed by atoms with Crippen molar-refractivity contribution in [2.24, 2.45) is 5.84 Å². The van der Waals surface area contributed by atoms with Gasteiger partial charge in [-0.25, -0.2) is 20.2 Å². The van der Waals surface area contributed by atoms with Gasteiger partial charge in [0.15, 0.2) is 5.11 Å². The van der Waals surface area contributed by atoms with Crippen LogP contribution < -0.4 is 11.2 Å². The molecule has 0 aliphatic carbocycles. The van der Waals surface area contributed by atoms with E-state index >= 15 is 0 Å². The van der Waals surface area contributed by atoms with Crippen LogP contribution in [0, 0.1) is 5.82 Å². The zero-order valence-electron chi connectivity index (χ0n) is 10.2. The van der Waals surface area contributed by atoms with Crippen LogP contribution in [0.4, 0.5) is 10.2 Å². The molecule has 8 heteroatoms. The summed E-state index contributed by atoms with van der Waals surface area (Å²) >= 11 is 4.98. The predicted molar refractivity (Wildman–Crippen MR) is 75.0 cm³/mol. The Morgan fingerprint density at radius 1 is 1.30 bits per heavy atom. The van der Waals surface area contributed by atoms with E-state index in [9.17, 15) is 9.18 Å². The van der Waals surface area contributed by atoms with E-state index in [1.54, 1.807) is 12.1 Å². The van der Waals surface area contributed by atoms with Crippen LogP contribution in [0.25, 0.3) is 0 Å². The minimum atomic E-state index is -0.565. The quantitative estimate of drug-likeness (QED) is 0.376. The third kappa shape index (κ3) is 3.31. The highest BCUT2D eigenvalue weighted by Crippen LogP contribution is 2.05. The van der Waals surface area contributed by atoms with Gasteiger partial charge in [0, 0.05) is 6.20 Å². The molecule has 0 radical (unpaired) electrons. The Morgan fingerprint density at radius 3 is 2.70 bits per heavy atom. The van der Waals surface area contributed by atoms with Gasteiger partial charge in [0.1, 0.15) is 17.3 Å². The number of aromatic nitrogens is 2. The van der Waals surface area contributed by atoms with Gasteiger partial charge in [-0.2, -0.15) is 0 Å². The van der Waals surface area contributed by atoms with E-state index in [-0.39, 0.29) is 16.6 Å². The molecular formula is C12H10FN5OS. The first kappa shape index (κ1) is 14.0. The molecule has 2 aromatic heterocycles. The van der Waals surface area contributed by atoms with E-state index in [0.29, 0.717) is 0 Å². The highest BCUT2D eigenvalue weighted by Gasteiger charge is 2.17. The average Bonchev–Trinajstić information content (AvgIpc) is 2.49. The molecule has 2 heterocycles. The number of nitrogens with two attached hydrogens (primary N) is 1. The first-order valence-corrected chi connectivity index (χ1v) is 5.91. The molecule has 0 aliphatic heterocycles. The molecule has 2 rings (SSSR count). The molecule has 0 aromatic carbocycles. The maximum atomic E-state index is 12.7. The van der Waals surface area contributed by atoms with Gasteiger partial charge in [0.2, 0.25) is 0 Å². The van der Waals surface area contributed by atoms with Crippen LogP contribution in [-0.2, 0) is 0 Å². The summed E-state index contributed by atoms with van der Waals surface area (Å²) in [7, 11) is 0. The first-order chi connectivity index (χ1) is 9.58. The summed E-state index contributed by atoms with van der Waals surface area (Å²) in [5.41, 5.74) is 0.159. The third-order valence-electron chi connectivity index (χ3n) is 2.28. The Bertz CT molecular complexity index is 620. The lowest BCUT2D eigenvalue weighted by atomic mass is 10.3. The van der Waals surface area contributed by atoms with Crippen molar-refractivity contribution >= 4 is 29.1 Å². The standard InChI is InChI=1S/C12H10FN5OS/c13-8-4-5-10(16-7-8)17-12(20)18(14)11(19)9-3-1-2-6-15-9/h1-7H,14H2,(H,16,17,20). The van der Waals surface area contributed by atoms with E-state index in [4.69, 9.17) is 18.1 Å². The van der Waals surface area contributed by atoms with Crippen LogP contribution in [0.15, 0.2) is 42.7 Å². The number of anilines is 1. The Morgan fingerprint density at radius 2 is 2.10 bits per heavy atom. The van der Waals surface area contributed by atoms with Gasteiger partial charge < -0.3 is 5.32 Å². The molecule has 0 atom stereocenters. The van der Waals surface area contributed by atoms with Crippen LogP contribution in [0.1, 0.15) is 10.5 Å². The lowest BCUT2D eigenvalue weighted by Gasteiger charge is -2.17. The zero-order chi connectivity index (χ0) is 14.5. The predicted octanol–water partition coefficient (Wildman–Crippen LogP) is 1.33. The summed E-state index contributed by atoms with van der Waals surface area (Å²) < 4.78 is 12.7. The van der Waals surface area contributed by atoms with E-state index < -0.39 is 11.7 Å². The number of hydrogen-bond donors (Lipinski definition) is 2. The minimum absolute atomic E-state index is 0.0697. The highest BCUT2D eigenvalue weighted by molar-refractivity contribution is 7.80. The Balaban J connectivity index is 2.05. The van der Waals surface area contributed by atoms with Gasteiger partial charge in [-0.05, 0) is 36.5 Å². The largest absolute Gasteiger partial charge is 0.316 e. The zero-order valence-corrected chi connectivity index (χ0v) is 11.0. The van der Waals surface area contributed by atoms with E-state index in [1.807, 2.05) is 0 Å². The fraction of sp³-hybridized carbons (Fsp3) is 0. The van der Waals surface area contributed by atoms with Crippen molar-refractivity contribution in [2.45, 2.75) is 0 Å². The van der Waals surface area contributed by atoms with Gasteiger partial charge in [-0.1, -0.05) is 6.07 Å². The number of thiocarbonyl (C=S) groups is 1. The molecule has 0 fully saturated rings. The summed E-state index contributed by atoms with van der Waals surface area (Å²) in [5, 5.41) is 3.29. The SMILES string of the molecule is NN(C(=O)c1ccccn1)C(=S)Nc1ccc(F)cn1. The number of hydrogen-bond acceptors (Lipinski definition) is 5. The lowest BCUT2D eigenvalue weighted by Crippen LogP contribution is -2.45. The second kappa shape index (κ2) is 6.13. The minimum Gasteiger partial charge on any atom is -0.316 e. The topological polar surface area (TPSA) is 84.1 Å². The number of nitrogens with zero attached hydrogens (tertiary/aromatic N) is 3. The molecule has 0 bridgehead atoms. The second-order valence-electron chi connectivity index (χ2n) is 3.68. The van der Waals surface area contributed by atoms with Crippen LogP contribution in [0.2, 0.25) is 0 Å². The highest BCUT2D eigenvalue weighted by atomic mass is 32.1. The van der Waals surface area contributed by atoms with Gasteiger partial charge in [0.05, 0.1) is 6.20 Å². The average molecular weight is 291 g/mol. The van der Waals surface area contributed by atoms with Crippen LogP contribution in [-0.4, -0.2) is 26.0 Å². The van der Waals surface area contributed by atoms with Crippen molar-refractivity contribution in [3.8, 4) is 0 Å². The summed E-state index contributed by atoms with van der Waals surface area (Å²) in [4.78, 5) is 19.6. The van der Waals surface area contributed by atoms with Gasteiger partial charge in [-0.3, -0.25) is 9.78 Å². The Labute approximate surface area is 119 Å². The van der Waals surface area contributed by atoms with Crippen LogP contribution in [0.3, 0.4) is 0 Å². The summed E-state index contributed by atoms with van der Waals surface area (Å²) in [6.07, 6.45) is 2.49. The normalized spacial score (nSPS) is 9.90. The summed E-state index contributed by atoms with van der Waals surface area (Å²) in [5.74, 6) is 4.85. The van der Waals surface area contributed by atoms with Gasteiger partial charge in [0.25, 0.3) is 5.91 Å². The molecule has 0 unspecified atom stereocenters. The fourth-order valence-corrected chi connectivity index (χ4v) is 1.51. The van der Waals surface area contributed by atoms with Crippen LogP contribution >= 0.6 is 12.2 Å². The Hall–Kier alpha value is -2.45. The monoisotopic (exact) mass is 291 g/mol. The van der Waals surface area contributed by atoms with Crippen LogP contribution in [0.5, 0.6) is 0 Å². The number of pyridine rings is 2. The van der Waals surface area contributed by atoms with Crippen molar-refractivity contribution in [1.82, 2.24) is 15.0 Å². The molecule has 0 aliphatic rings. The van der Waals surface area contributed by atoms with E-state index in [1.165, 1.54) is 24.4 Å². The van der Waals surface area contributed by atoms with Crippen molar-refractivity contribution in [3.63, 3.8) is 0 Å². The smallest absolute Gasteiger partial charge is 0.292 e. The summed E-state index contributed by atoms with van der Waals surface area (Å²) in [6, 6.07) is 7.43. The molecule has 102 valence electrons. The van der Waals surface area contributed by atoms with E-state index in [0.717, 1.165) is 11.2 Å². The molecule has 6 nitrogen and oxygen atoms in total.